The Hall–Kier alpha value is -10.4. The number of imidazole rings is 5. The lowest BCUT2D eigenvalue weighted by Gasteiger charge is -2.37. The summed E-state index contributed by atoms with van der Waals surface area (Å²) in [5.41, 5.74) is 13.5. The summed E-state index contributed by atoms with van der Waals surface area (Å²) in [6.45, 7) is 2.59. The van der Waals surface area contributed by atoms with E-state index in [1.807, 2.05) is 155 Å². The van der Waals surface area contributed by atoms with Crippen LogP contribution in [0.15, 0.2) is 384 Å². The smallest absolute Gasteiger partial charge is 0.143 e. The van der Waals surface area contributed by atoms with Crippen molar-refractivity contribution in [3.05, 3.63) is 500 Å². The normalized spacial score (nSPS) is 11.9. The predicted molar refractivity (Wildman–Crippen MR) is 506 cm³/mol. The molecule has 0 spiro atoms. The molecule has 17 rings (SSSR count). The topological polar surface area (TPSA) is 129 Å². The summed E-state index contributed by atoms with van der Waals surface area (Å²) in [5, 5.41) is 11.3. The van der Waals surface area contributed by atoms with Crippen LogP contribution in [0.1, 0.15) is 79.4 Å². The molecular weight excluding hydrogens is 1800 g/mol. The molecule has 626 valence electrons. The number of hydrogen-bond acceptors (Lipinski definition) is 9. The number of rotatable bonds is 26. The van der Waals surface area contributed by atoms with Crippen molar-refractivity contribution >= 4 is 145 Å². The Bertz CT molecular complexity index is 6110. The Morgan fingerprint density at radius 3 is 1.26 bits per heavy atom. The molecule has 5 aromatic heterocycles. The molecule has 0 bridgehead atoms. The van der Waals surface area contributed by atoms with Crippen molar-refractivity contribution < 1.29 is 14.3 Å². The van der Waals surface area contributed by atoms with Crippen LogP contribution in [0.5, 0.6) is 0 Å². The summed E-state index contributed by atoms with van der Waals surface area (Å²) < 4.78 is 22.3. The van der Waals surface area contributed by atoms with Crippen LogP contribution in [0, 0.1) is 0 Å². The Labute approximate surface area is 779 Å². The molecule has 124 heavy (non-hydrogen) atoms. The van der Waals surface area contributed by atoms with E-state index in [-0.39, 0.29) is 24.9 Å². The van der Waals surface area contributed by atoms with E-state index in [0.29, 0.717) is 93.8 Å². The van der Waals surface area contributed by atoms with Gasteiger partial charge in [-0.1, -0.05) is 345 Å². The molecular formula is C98H77Cl12N11O3. The maximum absolute atomic E-state index is 6.69. The fourth-order valence-electron chi connectivity index (χ4n) is 13.6. The minimum atomic E-state index is -0.586. The van der Waals surface area contributed by atoms with Gasteiger partial charge in [-0.25, -0.2) is 24.9 Å². The van der Waals surface area contributed by atoms with Crippen molar-refractivity contribution in [3.63, 3.8) is 0 Å². The quantitative estimate of drug-likeness (QED) is 0.0298. The molecule has 3 unspecified atom stereocenters. The minimum Gasteiger partial charge on any atom is -0.391 e. The molecule has 0 amide bonds. The van der Waals surface area contributed by atoms with E-state index < -0.39 is 5.54 Å². The Morgan fingerprint density at radius 1 is 0.339 bits per heavy atom. The van der Waals surface area contributed by atoms with Gasteiger partial charge in [0.15, 0.2) is 0 Å². The second-order valence-corrected chi connectivity index (χ2v) is 33.0. The first kappa shape index (κ1) is 91.3. The first-order valence-corrected chi connectivity index (χ1v) is 43.2. The number of oxime groups is 1. The van der Waals surface area contributed by atoms with Crippen LogP contribution >= 0.6 is 139 Å². The summed E-state index contributed by atoms with van der Waals surface area (Å²) in [6.07, 6.45) is 26.8. The van der Waals surface area contributed by atoms with Crippen LogP contribution in [-0.4, -0.2) is 53.5 Å². The zero-order valence-electron chi connectivity index (χ0n) is 66.0. The van der Waals surface area contributed by atoms with Gasteiger partial charge in [-0.2, -0.15) is 0 Å². The second kappa shape index (κ2) is 46.0. The van der Waals surface area contributed by atoms with Crippen LogP contribution in [0.25, 0.3) is 11.1 Å². The molecule has 0 aliphatic rings. The molecule has 0 aliphatic carbocycles. The maximum atomic E-state index is 6.69. The Morgan fingerprint density at radius 2 is 0.766 bits per heavy atom. The van der Waals surface area contributed by atoms with Gasteiger partial charge in [0.1, 0.15) is 30.1 Å². The zero-order valence-corrected chi connectivity index (χ0v) is 75.0. The zero-order chi connectivity index (χ0) is 86.6. The molecule has 14 nitrogen and oxygen atoms in total. The molecule has 0 saturated heterocycles. The highest BCUT2D eigenvalue weighted by atomic mass is 35.5. The summed E-state index contributed by atoms with van der Waals surface area (Å²) in [6, 6.07) is 92.9. The van der Waals surface area contributed by atoms with E-state index in [0.717, 1.165) is 55.1 Å². The van der Waals surface area contributed by atoms with Gasteiger partial charge in [0, 0.05) is 145 Å². The monoisotopic (exact) mass is 1880 g/mol. The van der Waals surface area contributed by atoms with Gasteiger partial charge in [-0.3, -0.25) is 0 Å². The average molecular weight is 1880 g/mol. The van der Waals surface area contributed by atoms with Gasteiger partial charge in [-0.05, 0) is 129 Å². The summed E-state index contributed by atoms with van der Waals surface area (Å²) in [7, 11) is 0. The third-order valence-corrected chi connectivity index (χ3v) is 23.1. The van der Waals surface area contributed by atoms with E-state index in [4.69, 9.17) is 154 Å². The highest BCUT2D eigenvalue weighted by Gasteiger charge is 2.39. The first-order valence-electron chi connectivity index (χ1n) is 38.7. The number of hydrogen-bond donors (Lipinski definition) is 0. The fourth-order valence-corrected chi connectivity index (χ4v) is 16.5. The number of benzene rings is 12. The summed E-state index contributed by atoms with van der Waals surface area (Å²) >= 11 is 73.9. The first-order chi connectivity index (χ1) is 60.4. The van der Waals surface area contributed by atoms with E-state index in [1.54, 1.807) is 110 Å². The van der Waals surface area contributed by atoms with E-state index in [1.165, 1.54) is 22.3 Å². The molecule has 0 fully saturated rings. The largest absolute Gasteiger partial charge is 0.391 e. The fraction of sp³-hybridized carbons (Fsp3) is 0.102. The maximum Gasteiger partial charge on any atom is 0.143 e. The lowest BCUT2D eigenvalue weighted by molar-refractivity contribution is 0.0280. The van der Waals surface area contributed by atoms with Gasteiger partial charge in [0.05, 0.1) is 75.5 Å². The van der Waals surface area contributed by atoms with Crippen molar-refractivity contribution in [2.75, 3.05) is 0 Å². The third-order valence-electron chi connectivity index (χ3n) is 19.7. The lowest BCUT2D eigenvalue weighted by Crippen LogP contribution is -2.37. The predicted octanol–water partition coefficient (Wildman–Crippen LogP) is 28.9. The third kappa shape index (κ3) is 25.2. The molecule has 17 aromatic rings. The van der Waals surface area contributed by atoms with Crippen molar-refractivity contribution in [2.45, 2.75) is 63.2 Å². The molecule has 0 saturated carbocycles. The van der Waals surface area contributed by atoms with Crippen molar-refractivity contribution in [1.29, 1.82) is 0 Å². The van der Waals surface area contributed by atoms with E-state index >= 15 is 0 Å². The van der Waals surface area contributed by atoms with Crippen molar-refractivity contribution in [1.82, 2.24) is 47.8 Å². The molecule has 26 heteroatoms. The summed E-state index contributed by atoms with van der Waals surface area (Å²) in [4.78, 5) is 26.2. The van der Waals surface area contributed by atoms with Crippen molar-refractivity contribution in [3.8, 4) is 11.1 Å². The number of nitrogens with zero attached hydrogens (tertiary/aromatic N) is 11. The van der Waals surface area contributed by atoms with Crippen LogP contribution in [0.3, 0.4) is 0 Å². The second-order valence-electron chi connectivity index (χ2n) is 27.9. The van der Waals surface area contributed by atoms with Crippen LogP contribution < -0.4 is 0 Å². The van der Waals surface area contributed by atoms with Gasteiger partial charge >= 0.3 is 0 Å². The number of aromatic nitrogens is 10. The SMILES string of the molecule is Clc1ccc(CO/N=C(/Cn2ccnc2)c2ccc(Cl)cc2Cl)c(Cl)c1.Clc1ccc(COC(Cn2ccnc2)c2ccc(Cl)cc2Cl)c(Cl)c1.Clc1ccc(COC(Cn2ccnc2)c2ccc(Cl)cc2Cl)cc1.Clc1ccccc1C(c1ccccc1)(c1ccccc1)n1ccnc1.c1ccc(-c2ccc(C(c3ccccc3)n3ccnc3)cc2)cc1. The lowest BCUT2D eigenvalue weighted by atomic mass is 9.76. The van der Waals surface area contributed by atoms with Gasteiger partial charge in [0.2, 0.25) is 0 Å². The highest BCUT2D eigenvalue weighted by molar-refractivity contribution is 6.38. The minimum absolute atomic E-state index is 0.138. The molecule has 3 atom stereocenters. The molecule has 12 aromatic carbocycles. The standard InChI is InChI=1S/C22H17ClN2.C22H18N2.C18H13Cl4N3O.C18H14Cl4N2O.C18H15Cl3N2O/c23-21-14-8-7-13-20(21)22(25-16-15-24-17-25,18-9-3-1-4-10-18)19-11-5-2-6-12-19;1-3-7-18(8-4-1)19-11-13-21(14-12-19)22(24-16-15-23-17-24)20-9-5-2-6-10-20;19-13-2-1-12(16(21)7-13)10-26-24-18(9-25-6-5-23-11-25)15-4-3-14(20)8-17(15)22;19-13-2-1-12(16(21)7-13)10-25-18(9-24-6-5-23-11-24)15-4-3-14(20)8-17(15)22;19-14-3-1-13(2-4-14)11-24-18(10-23-8-7-22-12-23)16-6-5-15(20)9-17(16)21/h1-17H;1-17,22H;1-8,11H,9-10H2;1-8,11,18H,9-10H2;1-9,12,18H,10-11H2/b;;24-18-;;. The molecule has 0 aliphatic heterocycles. The summed E-state index contributed by atoms with van der Waals surface area (Å²) in [5.74, 6) is 0. The molecule has 0 radical (unpaired) electrons. The van der Waals surface area contributed by atoms with Gasteiger partial charge in [-0.15, -0.1) is 0 Å². The highest BCUT2D eigenvalue weighted by Crippen LogP contribution is 2.44. The number of ether oxygens (including phenoxy) is 2. The van der Waals surface area contributed by atoms with Crippen LogP contribution in [0.4, 0.5) is 0 Å². The van der Waals surface area contributed by atoms with Crippen molar-refractivity contribution in [2.24, 2.45) is 5.16 Å². The van der Waals surface area contributed by atoms with Gasteiger partial charge < -0.3 is 37.1 Å². The average Bonchev–Trinajstić information content (AvgIpc) is 1.40. The van der Waals surface area contributed by atoms with Gasteiger partial charge in [0.25, 0.3) is 0 Å². The number of halogens is 12. The Balaban J connectivity index is 0.000000133. The van der Waals surface area contributed by atoms with Crippen LogP contribution in [-0.2, 0) is 59.3 Å². The van der Waals surface area contributed by atoms with E-state index in [9.17, 15) is 0 Å². The molecule has 5 heterocycles. The molecule has 0 N–H and O–H groups in total. The Kier molecular flexibility index (Phi) is 33.8. The van der Waals surface area contributed by atoms with E-state index in [2.05, 4.69) is 167 Å². The van der Waals surface area contributed by atoms with Crippen LogP contribution in [0.2, 0.25) is 60.3 Å².